The van der Waals surface area contributed by atoms with Crippen LogP contribution in [-0.4, -0.2) is 31.5 Å². The molecule has 0 spiro atoms. The molecule has 5 heteroatoms. The summed E-state index contributed by atoms with van der Waals surface area (Å²) in [6.45, 7) is 0.917. The van der Waals surface area contributed by atoms with Crippen LogP contribution in [0.25, 0.3) is 0 Å². The summed E-state index contributed by atoms with van der Waals surface area (Å²) in [5, 5.41) is 0. The highest BCUT2D eigenvalue weighted by Crippen LogP contribution is 2.47. The third-order valence-electron chi connectivity index (χ3n) is 7.83. The predicted molar refractivity (Wildman–Crippen MR) is 92.6 cm³/mol. The molecule has 0 aromatic heterocycles. The number of ether oxygens (including phenoxy) is 1. The fourth-order valence-electron chi connectivity index (χ4n) is 6.01. The van der Waals surface area contributed by atoms with Crippen LogP contribution in [0.4, 0.5) is 17.6 Å². The lowest BCUT2D eigenvalue weighted by molar-refractivity contribution is -0.0770. The van der Waals surface area contributed by atoms with Crippen molar-refractivity contribution in [2.75, 3.05) is 6.61 Å². The molecule has 150 valence electrons. The van der Waals surface area contributed by atoms with Gasteiger partial charge in [-0.1, -0.05) is 0 Å². The zero-order valence-corrected chi connectivity index (χ0v) is 15.5. The molecule has 3 aliphatic carbocycles. The monoisotopic (exact) mass is 376 g/mol. The number of hydrogen-bond donors (Lipinski definition) is 0. The van der Waals surface area contributed by atoms with Crippen LogP contribution in [0.15, 0.2) is 0 Å². The van der Waals surface area contributed by atoms with Gasteiger partial charge < -0.3 is 4.74 Å². The molecular weight excluding hydrogens is 344 g/mol. The van der Waals surface area contributed by atoms with Crippen molar-refractivity contribution in [1.82, 2.24) is 0 Å². The van der Waals surface area contributed by atoms with E-state index < -0.39 is 24.7 Å². The standard InChI is InChI=1S/C21H32F4O/c22-17-9-16(10-18(23)20(17)21(24)25)13-3-5-14(6-4-13)19-8-7-15(11-26-19)12-1-2-12/h12-21H,1-11H2. The molecule has 0 bridgehead atoms. The molecule has 0 N–H and O–H groups in total. The Morgan fingerprint density at radius 3 is 1.62 bits per heavy atom. The first-order chi connectivity index (χ1) is 12.5. The second-order valence-corrected chi connectivity index (χ2v) is 9.40. The molecule has 4 fully saturated rings. The van der Waals surface area contributed by atoms with Gasteiger partial charge in [0.05, 0.1) is 18.6 Å². The van der Waals surface area contributed by atoms with Crippen LogP contribution >= 0.6 is 0 Å². The summed E-state index contributed by atoms with van der Waals surface area (Å²) in [7, 11) is 0. The van der Waals surface area contributed by atoms with Crippen molar-refractivity contribution in [1.29, 1.82) is 0 Å². The second kappa shape index (κ2) is 7.97. The van der Waals surface area contributed by atoms with Crippen molar-refractivity contribution >= 4 is 0 Å². The highest BCUT2D eigenvalue weighted by molar-refractivity contribution is 4.93. The van der Waals surface area contributed by atoms with Gasteiger partial charge in [0.15, 0.2) is 0 Å². The summed E-state index contributed by atoms with van der Waals surface area (Å²) < 4.78 is 60.0. The minimum Gasteiger partial charge on any atom is -0.378 e. The Balaban J connectivity index is 1.24. The summed E-state index contributed by atoms with van der Waals surface area (Å²) in [5.74, 6) is 0.781. The molecule has 1 aliphatic heterocycles. The maximum Gasteiger partial charge on any atom is 0.247 e. The third-order valence-corrected chi connectivity index (χ3v) is 7.83. The Kier molecular flexibility index (Phi) is 5.83. The van der Waals surface area contributed by atoms with Crippen LogP contribution in [-0.2, 0) is 4.74 Å². The summed E-state index contributed by atoms with van der Waals surface area (Å²) >= 11 is 0. The number of rotatable bonds is 4. The van der Waals surface area contributed by atoms with Crippen molar-refractivity contribution < 1.29 is 22.3 Å². The van der Waals surface area contributed by atoms with E-state index in [1.165, 1.54) is 19.3 Å². The fraction of sp³-hybridized carbons (Fsp3) is 1.00. The molecule has 3 saturated carbocycles. The Bertz CT molecular complexity index is 441. The summed E-state index contributed by atoms with van der Waals surface area (Å²) in [5.41, 5.74) is 0. The second-order valence-electron chi connectivity index (χ2n) is 9.40. The molecule has 0 aromatic rings. The van der Waals surface area contributed by atoms with E-state index in [2.05, 4.69) is 0 Å². The normalized spacial score (nSPS) is 47.9. The summed E-state index contributed by atoms with van der Waals surface area (Å²) in [6, 6.07) is 0. The molecule has 1 heterocycles. The molecule has 26 heavy (non-hydrogen) atoms. The van der Waals surface area contributed by atoms with E-state index in [1.807, 2.05) is 0 Å². The molecule has 4 atom stereocenters. The number of hydrogen-bond acceptors (Lipinski definition) is 1. The quantitative estimate of drug-likeness (QED) is 0.550. The molecule has 4 aliphatic rings. The van der Waals surface area contributed by atoms with Crippen LogP contribution in [0.1, 0.15) is 64.2 Å². The smallest absolute Gasteiger partial charge is 0.247 e. The average molecular weight is 376 g/mol. The van der Waals surface area contributed by atoms with Crippen LogP contribution in [0.2, 0.25) is 0 Å². The summed E-state index contributed by atoms with van der Waals surface area (Å²) in [4.78, 5) is 0. The lowest BCUT2D eigenvalue weighted by atomic mass is 9.67. The Morgan fingerprint density at radius 1 is 0.615 bits per heavy atom. The first-order valence-corrected chi connectivity index (χ1v) is 10.7. The predicted octanol–water partition coefficient (Wildman–Crippen LogP) is 5.97. The SMILES string of the molecule is FC(F)C1C(F)CC(C2CCC(C3CCC(C4CC4)CO3)CC2)CC1F. The van der Waals surface area contributed by atoms with Crippen LogP contribution < -0.4 is 0 Å². The minimum atomic E-state index is -2.89. The topological polar surface area (TPSA) is 9.23 Å². The lowest BCUT2D eigenvalue weighted by Crippen LogP contribution is -2.42. The van der Waals surface area contributed by atoms with E-state index in [-0.39, 0.29) is 18.8 Å². The molecule has 0 amide bonds. The van der Waals surface area contributed by atoms with E-state index in [9.17, 15) is 17.6 Å². The van der Waals surface area contributed by atoms with Crippen molar-refractivity contribution in [2.45, 2.75) is 89.1 Å². The van der Waals surface area contributed by atoms with Gasteiger partial charge >= 0.3 is 0 Å². The molecule has 4 unspecified atom stereocenters. The van der Waals surface area contributed by atoms with E-state index >= 15 is 0 Å². The van der Waals surface area contributed by atoms with Crippen molar-refractivity contribution in [2.24, 2.45) is 35.5 Å². The maximum absolute atomic E-state index is 14.1. The van der Waals surface area contributed by atoms with Gasteiger partial charge in [-0.25, -0.2) is 17.6 Å². The average Bonchev–Trinajstić information content (AvgIpc) is 3.46. The fourth-order valence-corrected chi connectivity index (χ4v) is 6.01. The van der Waals surface area contributed by atoms with Crippen LogP contribution in [0, 0.1) is 35.5 Å². The maximum atomic E-state index is 14.1. The molecule has 1 saturated heterocycles. The number of halogens is 4. The largest absolute Gasteiger partial charge is 0.378 e. The summed E-state index contributed by atoms with van der Waals surface area (Å²) in [6.07, 6.45) is 3.60. The van der Waals surface area contributed by atoms with Gasteiger partial charge in [0.2, 0.25) is 6.43 Å². The zero-order chi connectivity index (χ0) is 18.3. The van der Waals surface area contributed by atoms with E-state index in [1.54, 1.807) is 0 Å². The van der Waals surface area contributed by atoms with Gasteiger partial charge in [0.1, 0.15) is 12.3 Å². The van der Waals surface area contributed by atoms with E-state index in [4.69, 9.17) is 4.74 Å². The van der Waals surface area contributed by atoms with Crippen molar-refractivity contribution in [3.63, 3.8) is 0 Å². The highest BCUT2D eigenvalue weighted by atomic mass is 19.3. The first kappa shape index (κ1) is 19.0. The third kappa shape index (κ3) is 4.07. The Morgan fingerprint density at radius 2 is 1.12 bits per heavy atom. The van der Waals surface area contributed by atoms with Crippen LogP contribution in [0.5, 0.6) is 0 Å². The van der Waals surface area contributed by atoms with Crippen LogP contribution in [0.3, 0.4) is 0 Å². The lowest BCUT2D eigenvalue weighted by Gasteiger charge is -2.42. The Hall–Kier alpha value is -0.320. The van der Waals surface area contributed by atoms with E-state index in [0.717, 1.165) is 50.5 Å². The molecule has 4 rings (SSSR count). The van der Waals surface area contributed by atoms with Gasteiger partial charge in [-0.3, -0.25) is 0 Å². The van der Waals surface area contributed by atoms with Gasteiger partial charge in [0.25, 0.3) is 0 Å². The minimum absolute atomic E-state index is 0.0672. The van der Waals surface area contributed by atoms with Gasteiger partial charge in [-0.05, 0) is 93.8 Å². The van der Waals surface area contributed by atoms with Gasteiger partial charge in [-0.2, -0.15) is 0 Å². The zero-order valence-electron chi connectivity index (χ0n) is 15.5. The van der Waals surface area contributed by atoms with E-state index in [0.29, 0.717) is 17.9 Å². The molecule has 0 radical (unpaired) electrons. The Labute approximate surface area is 154 Å². The number of alkyl halides is 4. The molecule has 0 aromatic carbocycles. The van der Waals surface area contributed by atoms with Gasteiger partial charge in [0, 0.05) is 0 Å². The highest BCUT2D eigenvalue weighted by Gasteiger charge is 2.46. The van der Waals surface area contributed by atoms with Crippen molar-refractivity contribution in [3.8, 4) is 0 Å². The molecule has 1 nitrogen and oxygen atoms in total. The van der Waals surface area contributed by atoms with Gasteiger partial charge in [-0.15, -0.1) is 0 Å². The first-order valence-electron chi connectivity index (χ1n) is 10.7. The van der Waals surface area contributed by atoms with Crippen molar-refractivity contribution in [3.05, 3.63) is 0 Å². The molecular formula is C21H32F4O.